The van der Waals surface area contributed by atoms with E-state index in [-0.39, 0.29) is 25.3 Å². The molecule has 1 amide bonds. The zero-order chi connectivity index (χ0) is 23.8. The highest BCUT2D eigenvalue weighted by Gasteiger charge is 2.29. The standard InChI is InChI=1S/C26H28ClN3O3.CH4/c1-26(2,3)24-12-16(6-8-29-24)18-10-19(14-28-13-18)20-5-4-17(11-21(20)27)25(33)30-9-7-22(31)23(32)15-30;/h4-6,8,10-14,22-23,31-32H,7,9,15H2,1-3H3;1H4. The lowest BCUT2D eigenvalue weighted by Gasteiger charge is -2.33. The monoisotopic (exact) mass is 481 g/mol. The molecule has 4 rings (SSSR count). The van der Waals surface area contributed by atoms with Crippen LogP contribution in [0.25, 0.3) is 22.3 Å². The van der Waals surface area contributed by atoms with Crippen LogP contribution in [0.5, 0.6) is 0 Å². The lowest BCUT2D eigenvalue weighted by molar-refractivity contribution is -0.0321. The molecular weight excluding hydrogens is 450 g/mol. The number of pyridine rings is 2. The average Bonchev–Trinajstić information content (AvgIpc) is 2.80. The number of rotatable bonds is 3. The van der Waals surface area contributed by atoms with E-state index in [0.29, 0.717) is 23.6 Å². The van der Waals surface area contributed by atoms with Gasteiger partial charge in [0.2, 0.25) is 0 Å². The zero-order valence-electron chi connectivity index (χ0n) is 19.0. The Bertz CT molecular complexity index is 1180. The van der Waals surface area contributed by atoms with E-state index in [1.165, 1.54) is 0 Å². The summed E-state index contributed by atoms with van der Waals surface area (Å²) < 4.78 is 0. The molecule has 0 spiro atoms. The minimum Gasteiger partial charge on any atom is -0.390 e. The molecule has 6 nitrogen and oxygen atoms in total. The fraction of sp³-hybridized carbons (Fsp3) is 0.370. The second-order valence-electron chi connectivity index (χ2n) is 9.51. The van der Waals surface area contributed by atoms with Crippen LogP contribution >= 0.6 is 11.6 Å². The first-order valence-electron chi connectivity index (χ1n) is 11.0. The van der Waals surface area contributed by atoms with Crippen molar-refractivity contribution in [1.82, 2.24) is 14.9 Å². The molecular formula is C27H32ClN3O3. The van der Waals surface area contributed by atoms with Gasteiger partial charge in [-0.05, 0) is 42.3 Å². The number of aliphatic hydroxyl groups excluding tert-OH is 2. The molecule has 1 fully saturated rings. The van der Waals surface area contributed by atoms with Crippen LogP contribution < -0.4 is 0 Å². The number of benzene rings is 1. The summed E-state index contributed by atoms with van der Waals surface area (Å²) in [6.07, 6.45) is 4.00. The number of β-amino-alcohol motifs (C(OH)–C–C–N with tert-alkyl or cyclic N) is 1. The molecule has 2 unspecified atom stereocenters. The van der Waals surface area contributed by atoms with E-state index in [9.17, 15) is 15.0 Å². The van der Waals surface area contributed by atoms with Crippen molar-refractivity contribution in [1.29, 1.82) is 0 Å². The average molecular weight is 482 g/mol. The zero-order valence-corrected chi connectivity index (χ0v) is 19.8. The lowest BCUT2D eigenvalue weighted by Crippen LogP contribution is -2.48. The predicted molar refractivity (Wildman–Crippen MR) is 136 cm³/mol. The molecule has 1 aliphatic heterocycles. The Morgan fingerprint density at radius 3 is 2.44 bits per heavy atom. The number of piperidine rings is 1. The van der Waals surface area contributed by atoms with Gasteiger partial charge in [0.15, 0.2) is 0 Å². The van der Waals surface area contributed by atoms with E-state index in [4.69, 9.17) is 11.6 Å². The summed E-state index contributed by atoms with van der Waals surface area (Å²) >= 11 is 6.58. The van der Waals surface area contributed by atoms with Gasteiger partial charge in [-0.25, -0.2) is 0 Å². The number of nitrogens with zero attached hydrogens (tertiary/aromatic N) is 3. The van der Waals surface area contributed by atoms with E-state index < -0.39 is 12.2 Å². The summed E-state index contributed by atoms with van der Waals surface area (Å²) in [6, 6.07) is 11.3. The second-order valence-corrected chi connectivity index (χ2v) is 9.92. The summed E-state index contributed by atoms with van der Waals surface area (Å²) in [7, 11) is 0. The Morgan fingerprint density at radius 2 is 1.76 bits per heavy atom. The molecule has 1 saturated heterocycles. The molecule has 180 valence electrons. The van der Waals surface area contributed by atoms with Crippen LogP contribution in [0.4, 0.5) is 0 Å². The van der Waals surface area contributed by atoms with Crippen molar-refractivity contribution in [3.8, 4) is 22.3 Å². The highest BCUT2D eigenvalue weighted by Crippen LogP contribution is 2.32. The van der Waals surface area contributed by atoms with Gasteiger partial charge in [0.05, 0.1) is 12.2 Å². The van der Waals surface area contributed by atoms with E-state index >= 15 is 0 Å². The quantitative estimate of drug-likeness (QED) is 0.551. The molecule has 1 aliphatic rings. The van der Waals surface area contributed by atoms with Gasteiger partial charge in [0.25, 0.3) is 5.91 Å². The Hall–Kier alpha value is -2.80. The van der Waals surface area contributed by atoms with E-state index in [0.717, 1.165) is 27.9 Å². The van der Waals surface area contributed by atoms with Gasteiger partial charge in [0.1, 0.15) is 0 Å². The maximum atomic E-state index is 12.9. The van der Waals surface area contributed by atoms with Gasteiger partial charge in [-0.1, -0.05) is 45.9 Å². The van der Waals surface area contributed by atoms with Crippen LogP contribution in [0.3, 0.4) is 0 Å². The third kappa shape index (κ3) is 5.46. The number of aliphatic hydroxyl groups is 2. The van der Waals surface area contributed by atoms with Crippen molar-refractivity contribution in [2.24, 2.45) is 0 Å². The maximum absolute atomic E-state index is 12.9. The molecule has 2 N–H and O–H groups in total. The van der Waals surface area contributed by atoms with Gasteiger partial charge in [-0.3, -0.25) is 14.8 Å². The van der Waals surface area contributed by atoms with Gasteiger partial charge >= 0.3 is 0 Å². The first kappa shape index (κ1) is 25.8. The molecule has 1 aromatic carbocycles. The third-order valence-corrected chi connectivity index (χ3v) is 6.27. The van der Waals surface area contributed by atoms with Crippen LogP contribution in [-0.4, -0.2) is 56.3 Å². The second kappa shape index (κ2) is 10.2. The summed E-state index contributed by atoms with van der Waals surface area (Å²) in [6.45, 7) is 6.88. The molecule has 34 heavy (non-hydrogen) atoms. The molecule has 2 aromatic heterocycles. The van der Waals surface area contributed by atoms with Gasteiger partial charge < -0.3 is 15.1 Å². The SMILES string of the molecule is C.CC(C)(C)c1cc(-c2cncc(-c3ccc(C(=O)N4CCC(O)C(O)C4)cc3Cl)c2)ccn1. The topological polar surface area (TPSA) is 86.6 Å². The van der Waals surface area contributed by atoms with Crippen molar-refractivity contribution < 1.29 is 15.0 Å². The molecule has 0 saturated carbocycles. The third-order valence-electron chi connectivity index (χ3n) is 5.96. The van der Waals surface area contributed by atoms with Crippen molar-refractivity contribution >= 4 is 17.5 Å². The molecule has 2 atom stereocenters. The maximum Gasteiger partial charge on any atom is 0.253 e. The minimum atomic E-state index is -0.932. The van der Waals surface area contributed by atoms with E-state index in [1.54, 1.807) is 23.2 Å². The summed E-state index contributed by atoms with van der Waals surface area (Å²) in [5, 5.41) is 20.0. The molecule has 7 heteroatoms. The Morgan fingerprint density at radius 1 is 1.03 bits per heavy atom. The highest BCUT2D eigenvalue weighted by molar-refractivity contribution is 6.33. The van der Waals surface area contributed by atoms with Crippen LogP contribution in [-0.2, 0) is 5.41 Å². The van der Waals surface area contributed by atoms with Gasteiger partial charge in [0, 0.05) is 70.1 Å². The Balaban J connectivity index is 0.00000324. The Labute approximate surface area is 206 Å². The minimum absolute atomic E-state index is 0. The van der Waals surface area contributed by atoms with Crippen LogP contribution in [0, 0.1) is 0 Å². The van der Waals surface area contributed by atoms with Crippen molar-refractivity contribution in [3.63, 3.8) is 0 Å². The fourth-order valence-electron chi connectivity index (χ4n) is 3.93. The number of aromatic nitrogens is 2. The molecule has 3 aromatic rings. The predicted octanol–water partition coefficient (Wildman–Crippen LogP) is 4.97. The van der Waals surface area contributed by atoms with E-state index in [2.05, 4.69) is 36.8 Å². The van der Waals surface area contributed by atoms with Gasteiger partial charge in [-0.2, -0.15) is 0 Å². The number of carbonyl (C=O) groups excluding carboxylic acids is 1. The summed E-state index contributed by atoms with van der Waals surface area (Å²) in [5.41, 5.74) is 5.00. The number of likely N-dealkylation sites (tertiary alicyclic amines) is 1. The van der Waals surface area contributed by atoms with Crippen LogP contribution in [0.2, 0.25) is 5.02 Å². The Kier molecular flexibility index (Phi) is 7.76. The molecule has 0 radical (unpaired) electrons. The summed E-state index contributed by atoms with van der Waals surface area (Å²) in [5.74, 6) is -0.215. The van der Waals surface area contributed by atoms with Crippen molar-refractivity contribution in [2.75, 3.05) is 13.1 Å². The highest BCUT2D eigenvalue weighted by atomic mass is 35.5. The fourth-order valence-corrected chi connectivity index (χ4v) is 4.22. The largest absolute Gasteiger partial charge is 0.390 e. The van der Waals surface area contributed by atoms with E-state index in [1.807, 2.05) is 30.6 Å². The first-order chi connectivity index (χ1) is 15.6. The molecule has 0 aliphatic carbocycles. The lowest BCUT2D eigenvalue weighted by atomic mass is 9.90. The number of amides is 1. The smallest absolute Gasteiger partial charge is 0.253 e. The number of hydrogen-bond acceptors (Lipinski definition) is 5. The van der Waals surface area contributed by atoms with Crippen molar-refractivity contribution in [2.45, 2.75) is 52.2 Å². The van der Waals surface area contributed by atoms with Crippen molar-refractivity contribution in [3.05, 3.63) is 71.3 Å². The van der Waals surface area contributed by atoms with Crippen LogP contribution in [0.1, 0.15) is 50.7 Å². The van der Waals surface area contributed by atoms with Crippen LogP contribution in [0.15, 0.2) is 55.0 Å². The molecule has 0 bridgehead atoms. The number of carbonyl (C=O) groups is 1. The molecule has 3 heterocycles. The summed E-state index contributed by atoms with van der Waals surface area (Å²) in [4.78, 5) is 23.3. The van der Waals surface area contributed by atoms with Gasteiger partial charge in [-0.15, -0.1) is 0 Å². The first-order valence-corrected chi connectivity index (χ1v) is 11.4. The number of hydrogen-bond donors (Lipinski definition) is 2. The normalized spacial score (nSPS) is 18.4. The number of halogens is 1.